The first-order valence-electron chi connectivity index (χ1n) is 11.2. The van der Waals surface area contributed by atoms with Gasteiger partial charge in [-0.3, -0.25) is 14.6 Å². The summed E-state index contributed by atoms with van der Waals surface area (Å²) in [6.07, 6.45) is 0.816. The maximum absolute atomic E-state index is 12.6. The van der Waals surface area contributed by atoms with Gasteiger partial charge in [0.05, 0.1) is 12.6 Å². The molecule has 0 spiro atoms. The number of guanidine groups is 1. The van der Waals surface area contributed by atoms with Gasteiger partial charge in [0.1, 0.15) is 11.4 Å². The van der Waals surface area contributed by atoms with Crippen molar-refractivity contribution in [1.29, 1.82) is 0 Å². The Morgan fingerprint density at radius 3 is 2.65 bits per heavy atom. The maximum Gasteiger partial charge on any atom is 0.254 e. The number of halogens is 1. The van der Waals surface area contributed by atoms with Crippen molar-refractivity contribution in [3.05, 3.63) is 65.2 Å². The SMILES string of the molecule is CN=C(NCc1ccc(C(=O)N2CCNC(=O)C2)cc1)NC1CC(C)(C)Oc2ccccc21.I. The zero-order valence-electron chi connectivity index (χ0n) is 19.8. The molecule has 8 nitrogen and oxygen atoms in total. The second-order valence-electron chi connectivity index (χ2n) is 9.00. The molecule has 0 radical (unpaired) electrons. The molecule has 2 aliphatic rings. The number of rotatable bonds is 4. The van der Waals surface area contributed by atoms with Crippen molar-refractivity contribution in [2.24, 2.45) is 4.99 Å². The average molecular weight is 577 g/mol. The fourth-order valence-electron chi connectivity index (χ4n) is 4.24. The Bertz CT molecular complexity index is 1050. The molecule has 1 atom stereocenters. The summed E-state index contributed by atoms with van der Waals surface area (Å²) in [7, 11) is 1.75. The number of aliphatic imine (C=N–C) groups is 1. The lowest BCUT2D eigenvalue weighted by molar-refractivity contribution is -0.123. The summed E-state index contributed by atoms with van der Waals surface area (Å²) in [5.74, 6) is 1.35. The van der Waals surface area contributed by atoms with Gasteiger partial charge in [-0.25, -0.2) is 0 Å². The van der Waals surface area contributed by atoms with Gasteiger partial charge >= 0.3 is 0 Å². The highest BCUT2D eigenvalue weighted by atomic mass is 127. The van der Waals surface area contributed by atoms with Crippen molar-refractivity contribution in [3.8, 4) is 5.75 Å². The predicted octanol–water partition coefficient (Wildman–Crippen LogP) is 2.84. The van der Waals surface area contributed by atoms with Gasteiger partial charge in [-0.1, -0.05) is 30.3 Å². The van der Waals surface area contributed by atoms with E-state index in [0.717, 1.165) is 23.3 Å². The van der Waals surface area contributed by atoms with Crippen LogP contribution < -0.4 is 20.7 Å². The topological polar surface area (TPSA) is 95.1 Å². The van der Waals surface area contributed by atoms with Crippen molar-refractivity contribution < 1.29 is 14.3 Å². The normalized spacial score (nSPS) is 19.1. The van der Waals surface area contributed by atoms with Crippen molar-refractivity contribution in [1.82, 2.24) is 20.9 Å². The summed E-state index contributed by atoms with van der Waals surface area (Å²) in [5.41, 5.74) is 2.45. The Balaban J connectivity index is 0.00000324. The molecule has 2 amide bonds. The van der Waals surface area contributed by atoms with Crippen LogP contribution >= 0.6 is 24.0 Å². The van der Waals surface area contributed by atoms with E-state index in [9.17, 15) is 9.59 Å². The van der Waals surface area contributed by atoms with Crippen molar-refractivity contribution in [2.45, 2.75) is 38.5 Å². The summed E-state index contributed by atoms with van der Waals surface area (Å²) >= 11 is 0. The first kappa shape index (κ1) is 25.8. The summed E-state index contributed by atoms with van der Waals surface area (Å²) in [6.45, 7) is 5.88. The quantitative estimate of drug-likeness (QED) is 0.295. The molecule has 34 heavy (non-hydrogen) atoms. The molecule has 1 unspecified atom stereocenters. The molecule has 1 saturated heterocycles. The molecule has 3 N–H and O–H groups in total. The van der Waals surface area contributed by atoms with Crippen LogP contribution in [0.5, 0.6) is 5.75 Å². The number of amides is 2. The maximum atomic E-state index is 12.6. The lowest BCUT2D eigenvalue weighted by atomic mass is 9.90. The van der Waals surface area contributed by atoms with Gasteiger partial charge in [-0.15, -0.1) is 24.0 Å². The minimum atomic E-state index is -0.276. The number of hydrogen-bond donors (Lipinski definition) is 3. The van der Waals surface area contributed by atoms with Gasteiger partial charge in [0.15, 0.2) is 5.96 Å². The molecule has 2 heterocycles. The number of nitrogens with zero attached hydrogens (tertiary/aromatic N) is 2. The third-order valence-electron chi connectivity index (χ3n) is 5.90. The number of ether oxygens (including phenoxy) is 1. The van der Waals surface area contributed by atoms with Crippen LogP contribution in [0.1, 0.15) is 47.8 Å². The zero-order valence-corrected chi connectivity index (χ0v) is 22.1. The van der Waals surface area contributed by atoms with E-state index >= 15 is 0 Å². The van der Waals surface area contributed by atoms with Crippen LogP contribution in [0.2, 0.25) is 0 Å². The molecular weight excluding hydrogens is 545 g/mol. The molecule has 0 aromatic heterocycles. The molecule has 0 aliphatic carbocycles. The van der Waals surface area contributed by atoms with Crippen LogP contribution in [0.4, 0.5) is 0 Å². The molecule has 1 fully saturated rings. The average Bonchev–Trinajstić information content (AvgIpc) is 2.81. The standard InChI is InChI=1S/C25H31N5O3.HI/c1-25(2)14-20(19-6-4-5-7-21(19)33-25)29-24(26-3)28-15-17-8-10-18(11-9-17)23(32)30-13-12-27-22(31)16-30;/h4-11,20H,12-16H2,1-3H3,(H,27,31)(H2,26,28,29);1H. The Hall–Kier alpha value is -2.82. The minimum Gasteiger partial charge on any atom is -0.487 e. The zero-order chi connectivity index (χ0) is 23.4. The van der Waals surface area contributed by atoms with E-state index in [2.05, 4.69) is 40.9 Å². The first-order chi connectivity index (χ1) is 15.8. The number of fused-ring (bicyclic) bond motifs is 1. The van der Waals surface area contributed by atoms with Crippen LogP contribution in [-0.2, 0) is 11.3 Å². The molecule has 9 heteroatoms. The number of carbonyl (C=O) groups excluding carboxylic acids is 2. The lowest BCUT2D eigenvalue weighted by Crippen LogP contribution is -2.49. The number of para-hydroxylation sites is 1. The smallest absolute Gasteiger partial charge is 0.254 e. The van der Waals surface area contributed by atoms with Crippen molar-refractivity contribution >= 4 is 41.8 Å². The Labute approximate surface area is 217 Å². The largest absolute Gasteiger partial charge is 0.487 e. The van der Waals surface area contributed by atoms with E-state index in [1.54, 1.807) is 24.1 Å². The van der Waals surface area contributed by atoms with Crippen molar-refractivity contribution in [3.63, 3.8) is 0 Å². The van der Waals surface area contributed by atoms with Gasteiger partial charge in [-0.2, -0.15) is 0 Å². The number of hydrogen-bond acceptors (Lipinski definition) is 4. The minimum absolute atomic E-state index is 0. The van der Waals surface area contributed by atoms with Gasteiger partial charge in [0.2, 0.25) is 5.91 Å². The molecular formula is C25H32IN5O3. The number of nitrogens with one attached hydrogen (secondary N) is 3. The Morgan fingerprint density at radius 1 is 1.21 bits per heavy atom. The highest BCUT2D eigenvalue weighted by Crippen LogP contribution is 2.39. The second-order valence-corrected chi connectivity index (χ2v) is 9.00. The van der Waals surface area contributed by atoms with E-state index in [1.807, 2.05) is 30.3 Å². The van der Waals surface area contributed by atoms with E-state index < -0.39 is 0 Å². The predicted molar refractivity (Wildman–Crippen MR) is 143 cm³/mol. The molecule has 0 saturated carbocycles. The molecule has 0 bridgehead atoms. The van der Waals surface area contributed by atoms with Crippen molar-refractivity contribution in [2.75, 3.05) is 26.7 Å². The van der Waals surface area contributed by atoms with E-state index in [0.29, 0.717) is 31.2 Å². The van der Waals surface area contributed by atoms with Gasteiger partial charge < -0.3 is 25.6 Å². The third kappa shape index (κ3) is 6.19. The summed E-state index contributed by atoms with van der Waals surface area (Å²) < 4.78 is 6.12. The lowest BCUT2D eigenvalue weighted by Gasteiger charge is -2.38. The molecule has 182 valence electrons. The monoisotopic (exact) mass is 577 g/mol. The molecule has 2 aliphatic heterocycles. The molecule has 4 rings (SSSR count). The van der Waals surface area contributed by atoms with Crippen LogP contribution in [0.3, 0.4) is 0 Å². The van der Waals surface area contributed by atoms with Gasteiger partial charge in [-0.05, 0) is 37.6 Å². The van der Waals surface area contributed by atoms with Crippen LogP contribution in [-0.4, -0.2) is 55.0 Å². The van der Waals surface area contributed by atoms with Gasteiger partial charge in [0.25, 0.3) is 5.91 Å². The summed E-state index contributed by atoms with van der Waals surface area (Å²) in [5, 5.41) is 9.62. The Kier molecular flexibility index (Phi) is 8.40. The van der Waals surface area contributed by atoms with E-state index in [1.165, 1.54) is 0 Å². The van der Waals surface area contributed by atoms with E-state index in [4.69, 9.17) is 4.74 Å². The fraction of sp³-hybridized carbons (Fsp3) is 0.400. The number of carbonyl (C=O) groups is 2. The van der Waals surface area contributed by atoms with E-state index in [-0.39, 0.29) is 54.0 Å². The highest BCUT2D eigenvalue weighted by Gasteiger charge is 2.34. The molecule has 2 aromatic rings. The second kappa shape index (κ2) is 11.1. The fourth-order valence-corrected chi connectivity index (χ4v) is 4.24. The van der Waals surface area contributed by atoms with Crippen LogP contribution in [0.25, 0.3) is 0 Å². The summed E-state index contributed by atoms with van der Waals surface area (Å²) in [6, 6.07) is 15.6. The molecule has 2 aromatic carbocycles. The van der Waals surface area contributed by atoms with Crippen LogP contribution in [0, 0.1) is 0 Å². The number of piperazine rings is 1. The third-order valence-corrected chi connectivity index (χ3v) is 5.90. The summed E-state index contributed by atoms with van der Waals surface area (Å²) in [4.78, 5) is 30.1. The Morgan fingerprint density at radius 2 is 1.94 bits per heavy atom. The van der Waals surface area contributed by atoms with Gasteiger partial charge in [0, 0.05) is 44.2 Å². The first-order valence-corrected chi connectivity index (χ1v) is 11.2. The number of benzene rings is 2. The highest BCUT2D eigenvalue weighted by molar-refractivity contribution is 14.0. The van der Waals surface area contributed by atoms with Crippen LogP contribution in [0.15, 0.2) is 53.5 Å².